The molecule has 0 aliphatic rings. The average molecular weight is 403 g/mol. The average Bonchev–Trinajstić information content (AvgIpc) is 2.55. The number of nitrogens with two attached hydrogens (primary N) is 1. The van der Waals surface area contributed by atoms with Crippen LogP contribution < -0.4 is 10.5 Å². The minimum Gasteiger partial charge on any atom is -0.457 e. The summed E-state index contributed by atoms with van der Waals surface area (Å²) in [6.07, 6.45) is -9.37. The topological polar surface area (TPSA) is 35.2 Å². The van der Waals surface area contributed by atoms with E-state index in [0.29, 0.717) is 18.2 Å². The molecule has 0 bridgehead atoms. The van der Waals surface area contributed by atoms with Crippen LogP contribution in [0, 0.1) is 0 Å². The van der Waals surface area contributed by atoms with Crippen LogP contribution in [0.1, 0.15) is 11.1 Å². The van der Waals surface area contributed by atoms with E-state index in [2.05, 4.69) is 0 Å². The Kier molecular flexibility index (Phi) is 5.26. The predicted octanol–water partition coefficient (Wildman–Crippen LogP) is 6.07. The van der Waals surface area contributed by atoms with Gasteiger partial charge in [-0.3, -0.25) is 0 Å². The van der Waals surface area contributed by atoms with Crippen molar-refractivity contribution in [3.63, 3.8) is 0 Å². The van der Waals surface area contributed by atoms with Gasteiger partial charge in [-0.2, -0.15) is 30.7 Å². The third kappa shape index (κ3) is 4.06. The van der Waals surface area contributed by atoms with Crippen LogP contribution in [0.4, 0.5) is 45.2 Å². The number of alkyl halides is 9. The Morgan fingerprint density at radius 1 is 0.778 bits per heavy atom. The molecule has 27 heavy (non-hydrogen) atoms. The van der Waals surface area contributed by atoms with Crippen molar-refractivity contribution >= 4 is 5.69 Å². The first kappa shape index (κ1) is 20.7. The van der Waals surface area contributed by atoms with Crippen molar-refractivity contribution in [1.82, 2.24) is 0 Å². The quantitative estimate of drug-likeness (QED) is 0.486. The summed E-state index contributed by atoms with van der Waals surface area (Å²) in [4.78, 5) is 0. The maximum atomic E-state index is 13.6. The van der Waals surface area contributed by atoms with Crippen LogP contribution in [0.3, 0.4) is 0 Å². The van der Waals surface area contributed by atoms with Crippen LogP contribution >= 0.6 is 0 Å². The smallest absolute Gasteiger partial charge is 0.418 e. The maximum Gasteiger partial charge on any atom is 0.418 e. The van der Waals surface area contributed by atoms with Gasteiger partial charge in [0.25, 0.3) is 0 Å². The zero-order chi connectivity index (χ0) is 20.6. The summed E-state index contributed by atoms with van der Waals surface area (Å²) in [6, 6.07) is 4.81. The molecule has 0 amide bonds. The molecule has 2 rings (SSSR count). The van der Waals surface area contributed by atoms with Crippen LogP contribution in [0.25, 0.3) is 0 Å². The van der Waals surface area contributed by atoms with E-state index in [4.69, 9.17) is 10.5 Å². The molecule has 0 heterocycles. The number of nitrogen functional groups attached to an aromatic ring is 1. The maximum absolute atomic E-state index is 13.6. The molecular formula is C16H10F9NO. The van der Waals surface area contributed by atoms with Gasteiger partial charge in [0.05, 0.1) is 5.56 Å². The first-order valence-electron chi connectivity index (χ1n) is 7.05. The number of benzene rings is 2. The lowest BCUT2D eigenvalue weighted by molar-refractivity contribution is -0.270. The molecule has 2 N–H and O–H groups in total. The third-order valence-corrected chi connectivity index (χ3v) is 3.48. The molecule has 0 aliphatic carbocycles. The molecule has 0 saturated carbocycles. The lowest BCUT2D eigenvalue weighted by atomic mass is 10.0. The van der Waals surface area contributed by atoms with Gasteiger partial charge in [-0.05, 0) is 42.5 Å². The summed E-state index contributed by atoms with van der Waals surface area (Å²) < 4.78 is 121. The SMILES string of the molecule is Nc1ccc(Oc2ccc(C(F)(F)C(F)(F)C(F)F)cc2)cc1C(F)(F)F. The highest BCUT2D eigenvalue weighted by Gasteiger charge is 2.63. The summed E-state index contributed by atoms with van der Waals surface area (Å²) >= 11 is 0. The molecule has 11 heteroatoms. The molecule has 0 spiro atoms. The van der Waals surface area contributed by atoms with E-state index >= 15 is 0 Å². The van der Waals surface area contributed by atoms with E-state index in [-0.39, 0.29) is 11.5 Å². The molecule has 2 nitrogen and oxygen atoms in total. The Bertz CT molecular complexity index is 801. The molecule has 0 atom stereocenters. The van der Waals surface area contributed by atoms with Crippen LogP contribution in [0.15, 0.2) is 42.5 Å². The van der Waals surface area contributed by atoms with Crippen molar-refractivity contribution in [3.05, 3.63) is 53.6 Å². The van der Waals surface area contributed by atoms with Crippen molar-refractivity contribution in [2.75, 3.05) is 5.73 Å². The van der Waals surface area contributed by atoms with Gasteiger partial charge < -0.3 is 10.5 Å². The Labute approximate surface area is 146 Å². The molecule has 2 aromatic rings. The molecule has 0 saturated heterocycles. The normalized spacial score (nSPS) is 13.1. The minimum atomic E-state index is -5.60. The summed E-state index contributed by atoms with van der Waals surface area (Å²) in [6.45, 7) is 0. The number of hydrogen-bond donors (Lipinski definition) is 1. The third-order valence-electron chi connectivity index (χ3n) is 3.48. The monoisotopic (exact) mass is 403 g/mol. The zero-order valence-corrected chi connectivity index (χ0v) is 13.0. The first-order chi connectivity index (χ1) is 12.3. The van der Waals surface area contributed by atoms with E-state index in [1.807, 2.05) is 0 Å². The van der Waals surface area contributed by atoms with Crippen molar-refractivity contribution in [2.45, 2.75) is 24.4 Å². The Morgan fingerprint density at radius 2 is 1.30 bits per heavy atom. The van der Waals surface area contributed by atoms with E-state index in [1.54, 1.807) is 0 Å². The van der Waals surface area contributed by atoms with Gasteiger partial charge in [0.2, 0.25) is 0 Å². The fraction of sp³-hybridized carbons (Fsp3) is 0.250. The van der Waals surface area contributed by atoms with Gasteiger partial charge in [0, 0.05) is 11.3 Å². The summed E-state index contributed by atoms with van der Waals surface area (Å²) in [5.41, 5.74) is 2.04. The number of rotatable bonds is 5. The summed E-state index contributed by atoms with van der Waals surface area (Å²) in [7, 11) is 0. The van der Waals surface area contributed by atoms with Crippen molar-refractivity contribution in [3.8, 4) is 11.5 Å². The van der Waals surface area contributed by atoms with E-state index in [1.165, 1.54) is 0 Å². The molecular weight excluding hydrogens is 393 g/mol. The van der Waals surface area contributed by atoms with Crippen LogP contribution in [0.5, 0.6) is 11.5 Å². The number of anilines is 1. The van der Waals surface area contributed by atoms with Gasteiger partial charge in [-0.1, -0.05) is 0 Å². The molecule has 0 unspecified atom stereocenters. The number of halogens is 9. The van der Waals surface area contributed by atoms with Gasteiger partial charge >= 0.3 is 24.4 Å². The van der Waals surface area contributed by atoms with Gasteiger partial charge in [0.15, 0.2) is 0 Å². The minimum absolute atomic E-state index is 0.284. The van der Waals surface area contributed by atoms with Crippen molar-refractivity contribution < 1.29 is 44.3 Å². The molecule has 0 aliphatic heterocycles. The highest BCUT2D eigenvalue weighted by molar-refractivity contribution is 5.52. The van der Waals surface area contributed by atoms with E-state index in [0.717, 1.165) is 24.3 Å². The number of hydrogen-bond acceptors (Lipinski definition) is 2. The highest BCUT2D eigenvalue weighted by atomic mass is 19.4. The largest absolute Gasteiger partial charge is 0.457 e. The fourth-order valence-corrected chi connectivity index (χ4v) is 2.04. The second-order valence-electron chi connectivity index (χ2n) is 5.37. The molecule has 0 aromatic heterocycles. The predicted molar refractivity (Wildman–Crippen MR) is 77.2 cm³/mol. The second-order valence-corrected chi connectivity index (χ2v) is 5.37. The Morgan fingerprint density at radius 3 is 1.78 bits per heavy atom. The first-order valence-corrected chi connectivity index (χ1v) is 7.05. The molecule has 0 radical (unpaired) electrons. The summed E-state index contributed by atoms with van der Waals surface area (Å²) in [5, 5.41) is 0. The fourth-order valence-electron chi connectivity index (χ4n) is 2.04. The number of ether oxygens (including phenoxy) is 1. The lowest BCUT2D eigenvalue weighted by Crippen LogP contribution is -2.44. The van der Waals surface area contributed by atoms with Gasteiger partial charge in [0.1, 0.15) is 11.5 Å². The highest BCUT2D eigenvalue weighted by Crippen LogP contribution is 2.46. The van der Waals surface area contributed by atoms with Crippen molar-refractivity contribution in [2.24, 2.45) is 0 Å². The van der Waals surface area contributed by atoms with Crippen LogP contribution in [-0.4, -0.2) is 12.3 Å². The molecule has 2 aromatic carbocycles. The van der Waals surface area contributed by atoms with E-state index < -0.39 is 41.3 Å². The molecule has 0 fully saturated rings. The van der Waals surface area contributed by atoms with Gasteiger partial charge in [-0.25, -0.2) is 8.78 Å². The van der Waals surface area contributed by atoms with Crippen LogP contribution in [-0.2, 0) is 12.1 Å². The van der Waals surface area contributed by atoms with Crippen molar-refractivity contribution in [1.29, 1.82) is 0 Å². The van der Waals surface area contributed by atoms with Crippen LogP contribution in [0.2, 0.25) is 0 Å². The van der Waals surface area contributed by atoms with E-state index in [9.17, 15) is 39.5 Å². The second kappa shape index (κ2) is 6.86. The Balaban J connectivity index is 2.27. The lowest BCUT2D eigenvalue weighted by Gasteiger charge is -2.26. The zero-order valence-electron chi connectivity index (χ0n) is 13.0. The Hall–Kier alpha value is -2.59. The standard InChI is InChI=1S/C16H10F9NO/c17-13(18)15(21,22)14(19,20)8-1-3-9(4-2-8)27-10-5-6-12(26)11(7-10)16(23,24)25/h1-7,13H,26H2. The molecule has 148 valence electrons. The summed E-state index contributed by atoms with van der Waals surface area (Å²) in [5.74, 6) is -11.4. The van der Waals surface area contributed by atoms with Gasteiger partial charge in [-0.15, -0.1) is 0 Å².